The number of hydrazone groups is 1. The molecule has 5 nitrogen and oxygen atoms in total. The normalized spacial score (nSPS) is 18.0. The first-order chi connectivity index (χ1) is 10.1. The minimum absolute atomic E-state index is 0.252. The van der Waals surface area contributed by atoms with E-state index in [9.17, 15) is 4.79 Å². The van der Waals surface area contributed by atoms with Crippen LogP contribution in [0.3, 0.4) is 0 Å². The Bertz CT molecular complexity index is 508. The molecule has 1 saturated carbocycles. The van der Waals surface area contributed by atoms with Crippen molar-refractivity contribution < 1.29 is 14.3 Å². The van der Waals surface area contributed by atoms with Crippen LogP contribution in [0.2, 0.25) is 0 Å². The standard InChI is InChI=1S/C16H22N2O3/c1-11-4-6-13(7-5-11)17-18-16(19)12-8-14(20-2)10-15(9-12)21-3/h8-11H,4-7H2,1-3H3,(H,18,19). The predicted octanol–water partition coefficient (Wildman–Crippen LogP) is 3.00. The van der Waals surface area contributed by atoms with Crippen LogP contribution < -0.4 is 14.9 Å². The third kappa shape index (κ3) is 4.21. The number of hydrogen-bond acceptors (Lipinski definition) is 4. The number of amides is 1. The molecule has 0 saturated heterocycles. The second-order valence-corrected chi connectivity index (χ2v) is 5.40. The van der Waals surface area contributed by atoms with Crippen molar-refractivity contribution in [2.45, 2.75) is 32.6 Å². The summed E-state index contributed by atoms with van der Waals surface area (Å²) in [6.45, 7) is 2.25. The van der Waals surface area contributed by atoms with Gasteiger partial charge >= 0.3 is 0 Å². The Morgan fingerprint density at radius 2 is 1.71 bits per heavy atom. The van der Waals surface area contributed by atoms with E-state index in [0.29, 0.717) is 17.1 Å². The molecule has 114 valence electrons. The van der Waals surface area contributed by atoms with E-state index < -0.39 is 0 Å². The highest BCUT2D eigenvalue weighted by molar-refractivity contribution is 5.96. The minimum Gasteiger partial charge on any atom is -0.497 e. The molecule has 0 bridgehead atoms. The van der Waals surface area contributed by atoms with Gasteiger partial charge in [-0.05, 0) is 43.7 Å². The van der Waals surface area contributed by atoms with Gasteiger partial charge in [-0.25, -0.2) is 5.43 Å². The number of nitrogens with one attached hydrogen (secondary N) is 1. The van der Waals surface area contributed by atoms with Crippen molar-refractivity contribution in [1.82, 2.24) is 5.43 Å². The molecular formula is C16H22N2O3. The maximum Gasteiger partial charge on any atom is 0.271 e. The van der Waals surface area contributed by atoms with Gasteiger partial charge in [0.2, 0.25) is 0 Å². The zero-order chi connectivity index (χ0) is 15.2. The van der Waals surface area contributed by atoms with Crippen molar-refractivity contribution in [2.24, 2.45) is 11.0 Å². The number of hydrogen-bond donors (Lipinski definition) is 1. The van der Waals surface area contributed by atoms with Crippen LogP contribution in [0.1, 0.15) is 43.0 Å². The Kier molecular flexibility index (Phi) is 5.20. The maximum absolute atomic E-state index is 12.2. The third-order valence-corrected chi connectivity index (χ3v) is 3.78. The molecule has 0 unspecified atom stereocenters. The Labute approximate surface area is 125 Å². The van der Waals surface area contributed by atoms with Gasteiger partial charge in [-0.15, -0.1) is 0 Å². The van der Waals surface area contributed by atoms with Crippen LogP contribution >= 0.6 is 0 Å². The summed E-state index contributed by atoms with van der Waals surface area (Å²) in [5.41, 5.74) is 4.16. The summed E-state index contributed by atoms with van der Waals surface area (Å²) in [6.07, 6.45) is 4.20. The summed E-state index contributed by atoms with van der Waals surface area (Å²) in [4.78, 5) is 12.2. The zero-order valence-electron chi connectivity index (χ0n) is 12.8. The van der Waals surface area contributed by atoms with Crippen LogP contribution in [-0.2, 0) is 0 Å². The summed E-state index contributed by atoms with van der Waals surface area (Å²) < 4.78 is 10.3. The number of benzene rings is 1. The molecule has 0 spiro atoms. The van der Waals surface area contributed by atoms with Gasteiger partial charge in [0.25, 0.3) is 5.91 Å². The molecule has 0 aromatic heterocycles. The lowest BCUT2D eigenvalue weighted by Crippen LogP contribution is -2.21. The fraction of sp³-hybridized carbons (Fsp3) is 0.500. The first-order valence-corrected chi connectivity index (χ1v) is 7.21. The monoisotopic (exact) mass is 290 g/mol. The minimum atomic E-state index is -0.252. The van der Waals surface area contributed by atoms with Gasteiger partial charge in [0.15, 0.2) is 0 Å². The first kappa shape index (κ1) is 15.4. The van der Waals surface area contributed by atoms with E-state index in [1.54, 1.807) is 32.4 Å². The van der Waals surface area contributed by atoms with Crippen molar-refractivity contribution in [1.29, 1.82) is 0 Å². The van der Waals surface area contributed by atoms with Crippen molar-refractivity contribution in [3.8, 4) is 11.5 Å². The van der Waals surface area contributed by atoms with Crippen LogP contribution in [0.4, 0.5) is 0 Å². The largest absolute Gasteiger partial charge is 0.497 e. The van der Waals surface area contributed by atoms with Gasteiger partial charge in [-0.2, -0.15) is 5.10 Å². The Morgan fingerprint density at radius 3 is 2.24 bits per heavy atom. The number of carbonyl (C=O) groups is 1. The van der Waals surface area contributed by atoms with E-state index >= 15 is 0 Å². The lowest BCUT2D eigenvalue weighted by atomic mass is 9.90. The SMILES string of the molecule is COc1cc(OC)cc(C(=O)NN=C2CCC(C)CC2)c1. The molecule has 1 N–H and O–H groups in total. The Hall–Kier alpha value is -2.04. The summed E-state index contributed by atoms with van der Waals surface area (Å²) in [6, 6.07) is 5.06. The molecule has 1 fully saturated rings. The molecular weight excluding hydrogens is 268 g/mol. The van der Waals surface area contributed by atoms with Gasteiger partial charge in [0, 0.05) is 17.3 Å². The van der Waals surface area contributed by atoms with E-state index in [2.05, 4.69) is 17.5 Å². The van der Waals surface area contributed by atoms with E-state index in [1.165, 1.54) is 0 Å². The van der Waals surface area contributed by atoms with Crippen molar-refractivity contribution >= 4 is 11.6 Å². The molecule has 1 aromatic carbocycles. The molecule has 1 aromatic rings. The summed E-state index contributed by atoms with van der Waals surface area (Å²) >= 11 is 0. The average Bonchev–Trinajstić information content (AvgIpc) is 2.53. The van der Waals surface area contributed by atoms with Crippen molar-refractivity contribution in [2.75, 3.05) is 14.2 Å². The van der Waals surface area contributed by atoms with E-state index in [4.69, 9.17) is 9.47 Å². The van der Waals surface area contributed by atoms with Crippen molar-refractivity contribution in [3.63, 3.8) is 0 Å². The van der Waals surface area contributed by atoms with Gasteiger partial charge in [0.05, 0.1) is 14.2 Å². The lowest BCUT2D eigenvalue weighted by Gasteiger charge is -2.18. The molecule has 5 heteroatoms. The number of ether oxygens (including phenoxy) is 2. The second-order valence-electron chi connectivity index (χ2n) is 5.40. The first-order valence-electron chi connectivity index (χ1n) is 7.21. The van der Waals surface area contributed by atoms with Gasteiger partial charge in [0.1, 0.15) is 11.5 Å². The summed E-state index contributed by atoms with van der Waals surface area (Å²) in [5, 5.41) is 4.24. The molecule has 21 heavy (non-hydrogen) atoms. The summed E-state index contributed by atoms with van der Waals surface area (Å²) in [7, 11) is 3.11. The molecule has 0 radical (unpaired) electrons. The fourth-order valence-corrected chi connectivity index (χ4v) is 2.34. The van der Waals surface area contributed by atoms with Crippen molar-refractivity contribution in [3.05, 3.63) is 23.8 Å². The third-order valence-electron chi connectivity index (χ3n) is 3.78. The quantitative estimate of drug-likeness (QED) is 0.867. The van der Waals surface area contributed by atoms with Crippen LogP contribution in [-0.4, -0.2) is 25.8 Å². The van der Waals surface area contributed by atoms with Crippen LogP contribution in [0.5, 0.6) is 11.5 Å². The summed E-state index contributed by atoms with van der Waals surface area (Å²) in [5.74, 6) is 1.66. The molecule has 1 aliphatic carbocycles. The van der Waals surface area contributed by atoms with E-state index in [-0.39, 0.29) is 5.91 Å². The predicted molar refractivity (Wildman–Crippen MR) is 82.1 cm³/mol. The molecule has 2 rings (SSSR count). The number of carbonyl (C=O) groups excluding carboxylic acids is 1. The van der Waals surface area contributed by atoms with Crippen LogP contribution in [0.15, 0.2) is 23.3 Å². The second kappa shape index (κ2) is 7.11. The number of rotatable bonds is 4. The van der Waals surface area contributed by atoms with E-state index in [1.807, 2.05) is 0 Å². The maximum atomic E-state index is 12.2. The highest BCUT2D eigenvalue weighted by Crippen LogP contribution is 2.23. The lowest BCUT2D eigenvalue weighted by molar-refractivity contribution is 0.0954. The molecule has 1 aliphatic rings. The van der Waals surface area contributed by atoms with Gasteiger partial charge in [-0.1, -0.05) is 6.92 Å². The van der Waals surface area contributed by atoms with Crippen LogP contribution in [0.25, 0.3) is 0 Å². The molecule has 1 amide bonds. The Morgan fingerprint density at radius 1 is 1.14 bits per heavy atom. The Balaban J connectivity index is 2.04. The molecule has 0 aliphatic heterocycles. The highest BCUT2D eigenvalue weighted by Gasteiger charge is 2.14. The van der Waals surface area contributed by atoms with Gasteiger partial charge < -0.3 is 9.47 Å². The topological polar surface area (TPSA) is 59.9 Å². The number of methoxy groups -OCH3 is 2. The average molecular weight is 290 g/mol. The highest BCUT2D eigenvalue weighted by atomic mass is 16.5. The van der Waals surface area contributed by atoms with Gasteiger partial charge in [-0.3, -0.25) is 4.79 Å². The van der Waals surface area contributed by atoms with E-state index in [0.717, 1.165) is 37.3 Å². The smallest absolute Gasteiger partial charge is 0.271 e. The molecule has 0 atom stereocenters. The number of nitrogens with zero attached hydrogens (tertiary/aromatic N) is 1. The molecule has 0 heterocycles. The zero-order valence-corrected chi connectivity index (χ0v) is 12.8. The fourth-order valence-electron chi connectivity index (χ4n) is 2.34. The van der Waals surface area contributed by atoms with Crippen LogP contribution in [0, 0.1) is 5.92 Å².